The number of carboxylic acids is 1. The molecule has 0 spiro atoms. The fraction of sp³-hybridized carbons (Fsp3) is 0.529. The SMILES string of the molecule is Cc1ccccc1OCCCNC(=O)CC1(C(=O)O)CCC1. The van der Waals surface area contributed by atoms with Gasteiger partial charge in [-0.3, -0.25) is 9.59 Å². The van der Waals surface area contributed by atoms with Crippen LogP contribution in [0.4, 0.5) is 0 Å². The lowest BCUT2D eigenvalue weighted by Crippen LogP contribution is -2.42. The topological polar surface area (TPSA) is 75.6 Å². The molecule has 1 aliphatic rings. The Balaban J connectivity index is 1.63. The number of hydrogen-bond donors (Lipinski definition) is 2. The molecule has 1 saturated carbocycles. The highest BCUT2D eigenvalue weighted by molar-refractivity contribution is 5.85. The molecule has 0 aliphatic heterocycles. The second-order valence-electron chi connectivity index (χ2n) is 5.93. The molecule has 1 aliphatic carbocycles. The number of aryl methyl sites for hydroxylation is 1. The minimum Gasteiger partial charge on any atom is -0.493 e. The Morgan fingerprint density at radius 2 is 2.05 bits per heavy atom. The van der Waals surface area contributed by atoms with Crippen molar-refractivity contribution in [2.45, 2.75) is 39.0 Å². The van der Waals surface area contributed by atoms with E-state index in [4.69, 9.17) is 4.74 Å². The average Bonchev–Trinajstić information content (AvgIpc) is 2.44. The van der Waals surface area contributed by atoms with Gasteiger partial charge in [-0.25, -0.2) is 0 Å². The van der Waals surface area contributed by atoms with Crippen LogP contribution in [-0.2, 0) is 9.59 Å². The predicted octanol–water partition coefficient (Wildman–Crippen LogP) is 2.53. The summed E-state index contributed by atoms with van der Waals surface area (Å²) in [5.74, 6) is -0.178. The molecule has 1 fully saturated rings. The largest absolute Gasteiger partial charge is 0.493 e. The van der Waals surface area contributed by atoms with Crippen LogP contribution < -0.4 is 10.1 Å². The summed E-state index contributed by atoms with van der Waals surface area (Å²) in [6.07, 6.45) is 2.88. The van der Waals surface area contributed by atoms with Crippen molar-refractivity contribution in [3.05, 3.63) is 29.8 Å². The molecule has 0 atom stereocenters. The highest BCUT2D eigenvalue weighted by atomic mass is 16.5. The molecule has 5 nitrogen and oxygen atoms in total. The van der Waals surface area contributed by atoms with E-state index in [1.54, 1.807) is 0 Å². The number of benzene rings is 1. The molecular weight excluding hydrogens is 282 g/mol. The first-order valence-electron chi connectivity index (χ1n) is 7.72. The van der Waals surface area contributed by atoms with Crippen molar-refractivity contribution in [2.24, 2.45) is 5.41 Å². The minimum atomic E-state index is -0.850. The number of para-hydroxylation sites is 1. The third-order valence-electron chi connectivity index (χ3n) is 4.26. The molecule has 0 heterocycles. The Labute approximate surface area is 130 Å². The van der Waals surface area contributed by atoms with Gasteiger partial charge in [0.15, 0.2) is 0 Å². The first-order chi connectivity index (χ1) is 10.5. The number of amides is 1. The van der Waals surface area contributed by atoms with Gasteiger partial charge >= 0.3 is 5.97 Å². The van der Waals surface area contributed by atoms with Gasteiger partial charge in [-0.15, -0.1) is 0 Å². The number of carbonyl (C=O) groups is 2. The molecule has 120 valence electrons. The number of aliphatic carboxylic acids is 1. The maximum atomic E-state index is 11.8. The van der Waals surface area contributed by atoms with Crippen LogP contribution >= 0.6 is 0 Å². The van der Waals surface area contributed by atoms with Gasteiger partial charge in [0.05, 0.1) is 12.0 Å². The molecule has 0 bridgehead atoms. The van der Waals surface area contributed by atoms with Crippen molar-refractivity contribution in [1.82, 2.24) is 5.32 Å². The standard InChI is InChI=1S/C17H23NO4/c1-13-6-2-3-7-14(13)22-11-5-10-18-15(19)12-17(16(20)21)8-4-9-17/h2-3,6-7H,4-5,8-12H2,1H3,(H,18,19)(H,20,21). The molecule has 2 N–H and O–H groups in total. The van der Waals surface area contributed by atoms with E-state index < -0.39 is 11.4 Å². The van der Waals surface area contributed by atoms with Gasteiger partial charge in [0, 0.05) is 13.0 Å². The molecule has 5 heteroatoms. The van der Waals surface area contributed by atoms with Gasteiger partial charge in [0.2, 0.25) is 5.91 Å². The number of rotatable bonds is 8. The summed E-state index contributed by atoms with van der Waals surface area (Å²) in [7, 11) is 0. The summed E-state index contributed by atoms with van der Waals surface area (Å²) in [6, 6.07) is 7.79. The zero-order chi connectivity index (χ0) is 16.0. The summed E-state index contributed by atoms with van der Waals surface area (Å²) in [5, 5.41) is 12.0. The van der Waals surface area contributed by atoms with Crippen molar-refractivity contribution >= 4 is 11.9 Å². The second kappa shape index (κ2) is 7.29. The maximum Gasteiger partial charge on any atom is 0.310 e. The van der Waals surface area contributed by atoms with Crippen LogP contribution in [0.5, 0.6) is 5.75 Å². The molecular formula is C17H23NO4. The summed E-state index contributed by atoms with van der Waals surface area (Å²) in [6.45, 7) is 3.01. The number of carbonyl (C=O) groups excluding carboxylic acids is 1. The zero-order valence-electron chi connectivity index (χ0n) is 12.9. The summed E-state index contributed by atoms with van der Waals surface area (Å²) < 4.78 is 5.64. The zero-order valence-corrected chi connectivity index (χ0v) is 12.9. The number of ether oxygens (including phenoxy) is 1. The Hall–Kier alpha value is -2.04. The van der Waals surface area contributed by atoms with Crippen molar-refractivity contribution < 1.29 is 19.4 Å². The van der Waals surface area contributed by atoms with Gasteiger partial charge in [0.1, 0.15) is 5.75 Å². The van der Waals surface area contributed by atoms with Crippen LogP contribution in [0.1, 0.15) is 37.7 Å². The van der Waals surface area contributed by atoms with Crippen LogP contribution in [0, 0.1) is 12.3 Å². The third-order valence-corrected chi connectivity index (χ3v) is 4.26. The number of nitrogens with one attached hydrogen (secondary N) is 1. The molecule has 0 unspecified atom stereocenters. The van der Waals surface area contributed by atoms with E-state index in [-0.39, 0.29) is 12.3 Å². The first-order valence-corrected chi connectivity index (χ1v) is 7.72. The monoisotopic (exact) mass is 305 g/mol. The highest BCUT2D eigenvalue weighted by Crippen LogP contribution is 2.44. The lowest BCUT2D eigenvalue weighted by molar-refractivity contribution is -0.157. The molecule has 1 aromatic carbocycles. The molecule has 0 saturated heterocycles. The molecule has 0 radical (unpaired) electrons. The summed E-state index contributed by atoms with van der Waals surface area (Å²) in [4.78, 5) is 23.0. The van der Waals surface area contributed by atoms with E-state index >= 15 is 0 Å². The van der Waals surface area contributed by atoms with E-state index in [1.165, 1.54) is 0 Å². The van der Waals surface area contributed by atoms with E-state index in [9.17, 15) is 14.7 Å². The Morgan fingerprint density at radius 1 is 1.32 bits per heavy atom. The van der Waals surface area contributed by atoms with Crippen LogP contribution in [0.3, 0.4) is 0 Å². The van der Waals surface area contributed by atoms with Gasteiger partial charge in [-0.05, 0) is 37.8 Å². The third kappa shape index (κ3) is 4.00. The highest BCUT2D eigenvalue weighted by Gasteiger charge is 2.45. The van der Waals surface area contributed by atoms with E-state index in [2.05, 4.69) is 5.32 Å². The van der Waals surface area contributed by atoms with Crippen LogP contribution in [-0.4, -0.2) is 30.1 Å². The fourth-order valence-electron chi connectivity index (χ4n) is 2.64. The summed E-state index contributed by atoms with van der Waals surface area (Å²) >= 11 is 0. The second-order valence-corrected chi connectivity index (χ2v) is 5.93. The van der Waals surface area contributed by atoms with Crippen molar-refractivity contribution in [3.63, 3.8) is 0 Å². The van der Waals surface area contributed by atoms with Crippen molar-refractivity contribution in [2.75, 3.05) is 13.2 Å². The van der Waals surface area contributed by atoms with Gasteiger partial charge in [-0.2, -0.15) is 0 Å². The quantitative estimate of drug-likeness (QED) is 0.724. The lowest BCUT2D eigenvalue weighted by Gasteiger charge is -2.36. The first kappa shape index (κ1) is 16.3. The maximum absolute atomic E-state index is 11.8. The van der Waals surface area contributed by atoms with Crippen molar-refractivity contribution in [1.29, 1.82) is 0 Å². The average molecular weight is 305 g/mol. The number of hydrogen-bond acceptors (Lipinski definition) is 3. The number of carboxylic acid groups (broad SMARTS) is 1. The molecule has 2 rings (SSSR count). The van der Waals surface area contributed by atoms with E-state index in [1.807, 2.05) is 31.2 Å². The molecule has 22 heavy (non-hydrogen) atoms. The molecule has 1 aromatic rings. The van der Waals surface area contributed by atoms with Crippen LogP contribution in [0.15, 0.2) is 24.3 Å². The summed E-state index contributed by atoms with van der Waals surface area (Å²) in [5.41, 5.74) is 0.266. The van der Waals surface area contributed by atoms with Crippen LogP contribution in [0.25, 0.3) is 0 Å². The lowest BCUT2D eigenvalue weighted by atomic mass is 9.66. The van der Waals surface area contributed by atoms with Gasteiger partial charge in [-0.1, -0.05) is 24.6 Å². The van der Waals surface area contributed by atoms with Crippen molar-refractivity contribution in [3.8, 4) is 5.75 Å². The Kier molecular flexibility index (Phi) is 5.41. The normalized spacial score (nSPS) is 15.7. The fourth-order valence-corrected chi connectivity index (χ4v) is 2.64. The van der Waals surface area contributed by atoms with Gasteiger partial charge < -0.3 is 15.2 Å². The Bertz CT molecular complexity index is 537. The Morgan fingerprint density at radius 3 is 2.64 bits per heavy atom. The van der Waals surface area contributed by atoms with E-state index in [0.29, 0.717) is 32.4 Å². The van der Waals surface area contributed by atoms with Crippen LogP contribution in [0.2, 0.25) is 0 Å². The molecule has 0 aromatic heterocycles. The van der Waals surface area contributed by atoms with Gasteiger partial charge in [0.25, 0.3) is 0 Å². The molecule has 1 amide bonds. The van der Waals surface area contributed by atoms with E-state index in [0.717, 1.165) is 17.7 Å². The minimum absolute atomic E-state index is 0.0843. The predicted molar refractivity (Wildman–Crippen MR) is 82.8 cm³/mol. The smallest absolute Gasteiger partial charge is 0.310 e.